The van der Waals surface area contributed by atoms with E-state index in [1.54, 1.807) is 13.0 Å². The molecule has 0 radical (unpaired) electrons. The van der Waals surface area contributed by atoms with Crippen LogP contribution in [0.25, 0.3) is 0 Å². The number of carbonyl (C=O) groups is 3. The van der Waals surface area contributed by atoms with Crippen LogP contribution in [0, 0.1) is 6.92 Å². The Morgan fingerprint density at radius 3 is 2.72 bits per heavy atom. The van der Waals surface area contributed by atoms with Crippen LogP contribution in [0.2, 0.25) is 0 Å². The van der Waals surface area contributed by atoms with Crippen molar-refractivity contribution in [2.75, 3.05) is 0 Å². The maximum atomic E-state index is 11.2. The van der Waals surface area contributed by atoms with Gasteiger partial charge in [0.15, 0.2) is 0 Å². The Bertz CT molecular complexity index is 491. The minimum absolute atomic E-state index is 0.0963. The number of aromatic nitrogens is 1. The van der Waals surface area contributed by atoms with E-state index >= 15 is 0 Å². The number of hydrogen-bond donors (Lipinski definition) is 3. The Balaban J connectivity index is 2.33. The summed E-state index contributed by atoms with van der Waals surface area (Å²) in [4.78, 5) is 32.3. The van der Waals surface area contributed by atoms with Gasteiger partial charge in [-0.2, -0.15) is 0 Å². The fourth-order valence-electron chi connectivity index (χ4n) is 1.02. The lowest BCUT2D eigenvalue weighted by Gasteiger charge is -2.02. The van der Waals surface area contributed by atoms with Gasteiger partial charge in [0.25, 0.3) is 5.91 Å². The third kappa shape index (κ3) is 4.92. The Morgan fingerprint density at radius 2 is 2.17 bits per heavy atom. The van der Waals surface area contributed by atoms with Crippen LogP contribution < -0.4 is 10.6 Å². The van der Waals surface area contributed by atoms with Crippen LogP contribution in [0.15, 0.2) is 22.7 Å². The number of aliphatic carboxylic acids is 1. The summed E-state index contributed by atoms with van der Waals surface area (Å²) in [5.74, 6) is -1.50. The first-order chi connectivity index (χ1) is 8.47. The van der Waals surface area contributed by atoms with E-state index < -0.39 is 17.9 Å². The van der Waals surface area contributed by atoms with Crippen LogP contribution in [0.5, 0.6) is 0 Å². The van der Waals surface area contributed by atoms with Crippen molar-refractivity contribution < 1.29 is 24.0 Å². The molecule has 0 aliphatic rings. The summed E-state index contributed by atoms with van der Waals surface area (Å²) in [5, 5.41) is 16.2. The van der Waals surface area contributed by atoms with Gasteiger partial charge < -0.3 is 14.9 Å². The van der Waals surface area contributed by atoms with Gasteiger partial charge in [0.05, 0.1) is 6.54 Å². The predicted octanol–water partition coefficient (Wildman–Crippen LogP) is -0.0504. The van der Waals surface area contributed by atoms with Gasteiger partial charge in [0.2, 0.25) is 0 Å². The molecule has 0 spiro atoms. The van der Waals surface area contributed by atoms with Gasteiger partial charge in [-0.15, -0.1) is 0 Å². The molecule has 0 bridgehead atoms. The molecular weight excluding hydrogens is 242 g/mol. The largest absolute Gasteiger partial charge is 0.478 e. The van der Waals surface area contributed by atoms with E-state index in [2.05, 4.69) is 10.5 Å². The molecular formula is C10H11N3O5. The highest BCUT2D eigenvalue weighted by molar-refractivity contribution is 6.02. The maximum Gasteiger partial charge on any atom is 0.328 e. The van der Waals surface area contributed by atoms with Gasteiger partial charge in [-0.25, -0.2) is 9.59 Å². The van der Waals surface area contributed by atoms with Crippen molar-refractivity contribution in [1.29, 1.82) is 0 Å². The van der Waals surface area contributed by atoms with Gasteiger partial charge >= 0.3 is 12.0 Å². The van der Waals surface area contributed by atoms with E-state index in [0.29, 0.717) is 17.5 Å². The van der Waals surface area contributed by atoms with Gasteiger partial charge in [-0.1, -0.05) is 5.16 Å². The summed E-state index contributed by atoms with van der Waals surface area (Å²) in [7, 11) is 0. The number of hydrogen-bond acceptors (Lipinski definition) is 5. The summed E-state index contributed by atoms with van der Waals surface area (Å²) in [6, 6.07) is 0.877. The third-order valence-corrected chi connectivity index (χ3v) is 1.72. The number of rotatable bonds is 4. The molecule has 18 heavy (non-hydrogen) atoms. The number of carboxylic acids is 1. The number of aryl methyl sites for hydroxylation is 1. The molecule has 1 heterocycles. The van der Waals surface area contributed by atoms with Crippen LogP contribution in [0.3, 0.4) is 0 Å². The molecule has 96 valence electrons. The van der Waals surface area contributed by atoms with Crippen molar-refractivity contribution >= 4 is 17.9 Å². The Morgan fingerprint density at radius 1 is 1.44 bits per heavy atom. The van der Waals surface area contributed by atoms with Crippen molar-refractivity contribution in [2.45, 2.75) is 13.5 Å². The molecule has 0 saturated heterocycles. The lowest BCUT2D eigenvalue weighted by molar-refractivity contribution is -0.131. The Kier molecular flexibility index (Phi) is 4.61. The van der Waals surface area contributed by atoms with E-state index in [1.165, 1.54) is 0 Å². The van der Waals surface area contributed by atoms with Crippen molar-refractivity contribution in [3.63, 3.8) is 0 Å². The molecule has 8 nitrogen and oxygen atoms in total. The van der Waals surface area contributed by atoms with Crippen LogP contribution >= 0.6 is 0 Å². The standard InChI is InChI=1S/C10H11N3O5/c1-6-4-7(13-18-6)5-11-10(17)12-8(14)2-3-9(15)16/h2-4H,5H2,1H3,(H,15,16)(H2,11,12,14,17). The van der Waals surface area contributed by atoms with E-state index in [0.717, 1.165) is 6.08 Å². The fourth-order valence-corrected chi connectivity index (χ4v) is 1.02. The molecule has 8 heteroatoms. The minimum atomic E-state index is -1.27. The molecule has 0 saturated carbocycles. The Labute approximate surface area is 102 Å². The number of nitrogens with one attached hydrogen (secondary N) is 2. The molecule has 0 aromatic carbocycles. The SMILES string of the molecule is Cc1cc(CNC(=O)NC(=O)C=CC(=O)O)no1. The van der Waals surface area contributed by atoms with Gasteiger partial charge in [0, 0.05) is 18.2 Å². The van der Waals surface area contributed by atoms with E-state index in [9.17, 15) is 14.4 Å². The van der Waals surface area contributed by atoms with Crippen molar-refractivity contribution in [3.8, 4) is 0 Å². The molecule has 3 amide bonds. The van der Waals surface area contributed by atoms with E-state index in [4.69, 9.17) is 9.63 Å². The zero-order valence-electron chi connectivity index (χ0n) is 9.47. The monoisotopic (exact) mass is 253 g/mol. The number of amides is 3. The van der Waals surface area contributed by atoms with Gasteiger partial charge in [-0.3, -0.25) is 10.1 Å². The average molecular weight is 253 g/mol. The quantitative estimate of drug-likeness (QED) is 0.647. The molecule has 3 N–H and O–H groups in total. The summed E-state index contributed by atoms with van der Waals surface area (Å²) in [6.45, 7) is 1.80. The molecule has 0 unspecified atom stereocenters. The Hall–Kier alpha value is -2.64. The van der Waals surface area contributed by atoms with E-state index in [-0.39, 0.29) is 6.54 Å². The van der Waals surface area contributed by atoms with Crippen LogP contribution in [0.4, 0.5) is 4.79 Å². The number of carboxylic acid groups (broad SMARTS) is 1. The number of imide groups is 1. The summed E-state index contributed by atoms with van der Waals surface area (Å²) in [5.41, 5.74) is 0.510. The lowest BCUT2D eigenvalue weighted by atomic mass is 10.4. The van der Waals surface area contributed by atoms with E-state index in [1.807, 2.05) is 5.32 Å². The summed E-state index contributed by atoms with van der Waals surface area (Å²) >= 11 is 0. The van der Waals surface area contributed by atoms with Crippen molar-refractivity contribution in [1.82, 2.24) is 15.8 Å². The molecule has 0 atom stereocenters. The van der Waals surface area contributed by atoms with Crippen LogP contribution in [-0.2, 0) is 16.1 Å². The van der Waals surface area contributed by atoms with Crippen LogP contribution in [-0.4, -0.2) is 28.2 Å². The smallest absolute Gasteiger partial charge is 0.328 e. The second-order valence-corrected chi connectivity index (χ2v) is 3.27. The third-order valence-electron chi connectivity index (χ3n) is 1.72. The topological polar surface area (TPSA) is 122 Å². The highest BCUT2D eigenvalue weighted by atomic mass is 16.5. The second-order valence-electron chi connectivity index (χ2n) is 3.27. The maximum absolute atomic E-state index is 11.2. The molecule has 1 aromatic heterocycles. The summed E-state index contributed by atoms with van der Waals surface area (Å²) in [6.07, 6.45) is 1.37. The number of urea groups is 1. The molecule has 0 aliphatic heterocycles. The first-order valence-corrected chi connectivity index (χ1v) is 4.89. The number of carbonyl (C=O) groups excluding carboxylic acids is 2. The zero-order chi connectivity index (χ0) is 13.5. The molecule has 1 aromatic rings. The predicted molar refractivity (Wildman–Crippen MR) is 58.4 cm³/mol. The van der Waals surface area contributed by atoms with Gasteiger partial charge in [0.1, 0.15) is 11.5 Å². The fraction of sp³-hybridized carbons (Fsp3) is 0.200. The van der Waals surface area contributed by atoms with Crippen molar-refractivity contribution in [2.24, 2.45) is 0 Å². The first kappa shape index (κ1) is 13.4. The first-order valence-electron chi connectivity index (χ1n) is 4.89. The lowest BCUT2D eigenvalue weighted by Crippen LogP contribution is -2.38. The highest BCUT2D eigenvalue weighted by Crippen LogP contribution is 2.00. The molecule has 1 rings (SSSR count). The highest BCUT2D eigenvalue weighted by Gasteiger charge is 2.06. The average Bonchev–Trinajstić information content (AvgIpc) is 2.70. The zero-order valence-corrected chi connectivity index (χ0v) is 9.47. The molecule has 0 aliphatic carbocycles. The van der Waals surface area contributed by atoms with Gasteiger partial charge in [-0.05, 0) is 6.92 Å². The van der Waals surface area contributed by atoms with Crippen molar-refractivity contribution in [3.05, 3.63) is 29.7 Å². The number of nitrogens with zero attached hydrogens (tertiary/aromatic N) is 1. The second kappa shape index (κ2) is 6.18. The normalized spacial score (nSPS) is 10.3. The van der Waals surface area contributed by atoms with Crippen LogP contribution in [0.1, 0.15) is 11.5 Å². The minimum Gasteiger partial charge on any atom is -0.478 e. The summed E-state index contributed by atoms with van der Waals surface area (Å²) < 4.78 is 4.78. The molecule has 0 fully saturated rings.